The van der Waals surface area contributed by atoms with Crippen LogP contribution in [0.4, 0.5) is 4.39 Å². The zero-order valence-electron chi connectivity index (χ0n) is 14.9. The van der Waals surface area contributed by atoms with Crippen molar-refractivity contribution in [3.8, 4) is 0 Å². The van der Waals surface area contributed by atoms with Crippen molar-refractivity contribution in [3.05, 3.63) is 35.6 Å². The molecule has 0 atom stereocenters. The van der Waals surface area contributed by atoms with Gasteiger partial charge in [-0.05, 0) is 45.8 Å². The summed E-state index contributed by atoms with van der Waals surface area (Å²) in [5.74, 6) is 0.516. The van der Waals surface area contributed by atoms with Crippen molar-refractivity contribution < 1.29 is 4.39 Å². The van der Waals surface area contributed by atoms with Crippen molar-refractivity contribution in [1.29, 1.82) is 0 Å². The smallest absolute Gasteiger partial charge is 0.191 e. The van der Waals surface area contributed by atoms with Gasteiger partial charge in [0.25, 0.3) is 0 Å². The average molecular weight is 448 g/mol. The number of benzene rings is 1. The van der Waals surface area contributed by atoms with Gasteiger partial charge >= 0.3 is 0 Å². The molecule has 0 spiro atoms. The van der Waals surface area contributed by atoms with Crippen molar-refractivity contribution >= 4 is 29.9 Å². The summed E-state index contributed by atoms with van der Waals surface area (Å²) in [7, 11) is 1.74. The van der Waals surface area contributed by atoms with Crippen LogP contribution < -0.4 is 10.6 Å². The Morgan fingerprint density at radius 2 is 1.83 bits per heavy atom. The van der Waals surface area contributed by atoms with Crippen LogP contribution in [-0.4, -0.2) is 43.1 Å². The van der Waals surface area contributed by atoms with Gasteiger partial charge in [0.1, 0.15) is 5.82 Å². The summed E-state index contributed by atoms with van der Waals surface area (Å²) in [6.45, 7) is 8.08. The first-order valence-corrected chi connectivity index (χ1v) is 8.46. The van der Waals surface area contributed by atoms with Crippen LogP contribution in [0.25, 0.3) is 0 Å². The molecule has 1 fully saturated rings. The van der Waals surface area contributed by atoms with Crippen LogP contribution in [0, 0.1) is 5.82 Å². The van der Waals surface area contributed by atoms with Crippen LogP contribution >= 0.6 is 24.0 Å². The molecule has 2 rings (SSSR count). The summed E-state index contributed by atoms with van der Waals surface area (Å²) in [4.78, 5) is 6.77. The molecule has 0 aromatic heterocycles. The first kappa shape index (κ1) is 21.2. The Kier molecular flexibility index (Phi) is 8.97. The lowest BCUT2D eigenvalue weighted by atomic mass is 9.98. The predicted octanol–water partition coefficient (Wildman–Crippen LogP) is 3.37. The average Bonchev–Trinajstić information content (AvgIpc) is 2.57. The molecule has 6 heteroatoms. The monoisotopic (exact) mass is 448 g/mol. The van der Waals surface area contributed by atoms with Gasteiger partial charge < -0.3 is 10.6 Å². The van der Waals surface area contributed by atoms with E-state index >= 15 is 0 Å². The number of halogens is 2. The summed E-state index contributed by atoms with van der Waals surface area (Å²) in [5.41, 5.74) is 0.724. The third kappa shape index (κ3) is 6.20. The second-order valence-electron chi connectivity index (χ2n) is 6.73. The molecule has 24 heavy (non-hydrogen) atoms. The topological polar surface area (TPSA) is 39.7 Å². The van der Waals surface area contributed by atoms with E-state index in [1.807, 2.05) is 6.07 Å². The molecule has 1 aromatic rings. The van der Waals surface area contributed by atoms with E-state index < -0.39 is 0 Å². The lowest BCUT2D eigenvalue weighted by molar-refractivity contribution is 0.0982. The molecule has 1 aromatic carbocycles. The molecule has 136 valence electrons. The van der Waals surface area contributed by atoms with Gasteiger partial charge in [-0.2, -0.15) is 0 Å². The molecule has 0 saturated carbocycles. The van der Waals surface area contributed by atoms with Crippen LogP contribution in [0.2, 0.25) is 0 Å². The summed E-state index contributed by atoms with van der Waals surface area (Å²) in [6, 6.07) is 6.81. The van der Waals surface area contributed by atoms with Crippen LogP contribution in [0.15, 0.2) is 29.3 Å². The number of guanidine groups is 1. The van der Waals surface area contributed by atoms with Crippen LogP contribution in [0.1, 0.15) is 38.7 Å². The highest BCUT2D eigenvalue weighted by Gasteiger charge is 2.27. The molecule has 4 nitrogen and oxygen atoms in total. The minimum Gasteiger partial charge on any atom is -0.355 e. The van der Waals surface area contributed by atoms with Gasteiger partial charge in [-0.15, -0.1) is 24.0 Å². The molecular weight excluding hydrogens is 418 g/mol. The third-order valence-corrected chi connectivity index (χ3v) is 4.53. The normalized spacial score (nSPS) is 16.4. The summed E-state index contributed by atoms with van der Waals surface area (Å²) >= 11 is 0. The molecule has 0 aliphatic carbocycles. The summed E-state index contributed by atoms with van der Waals surface area (Å²) < 4.78 is 13.7. The number of hydrogen-bond donors (Lipinski definition) is 2. The Balaban J connectivity index is 0.00000288. The predicted molar refractivity (Wildman–Crippen MR) is 110 cm³/mol. The van der Waals surface area contributed by atoms with Gasteiger partial charge in [-0.3, -0.25) is 9.89 Å². The molecule has 1 aliphatic rings. The van der Waals surface area contributed by atoms with Gasteiger partial charge in [0, 0.05) is 31.2 Å². The number of likely N-dealkylation sites (tertiary alicyclic amines) is 1. The zero-order valence-corrected chi connectivity index (χ0v) is 17.3. The number of nitrogens with one attached hydrogen (secondary N) is 2. The molecular formula is C18H30FIN4. The zero-order chi connectivity index (χ0) is 16.7. The minimum atomic E-state index is -0.191. The van der Waals surface area contributed by atoms with E-state index in [0.717, 1.165) is 19.6 Å². The fourth-order valence-corrected chi connectivity index (χ4v) is 2.95. The Labute approximate surface area is 162 Å². The van der Waals surface area contributed by atoms with Crippen molar-refractivity contribution in [2.24, 2.45) is 4.99 Å². The van der Waals surface area contributed by atoms with E-state index in [4.69, 9.17) is 0 Å². The largest absolute Gasteiger partial charge is 0.355 e. The number of piperidine rings is 1. The van der Waals surface area contributed by atoms with Crippen LogP contribution in [0.5, 0.6) is 0 Å². The second-order valence-corrected chi connectivity index (χ2v) is 6.73. The first-order chi connectivity index (χ1) is 11.0. The number of rotatable bonds is 5. The third-order valence-electron chi connectivity index (χ3n) is 4.53. The fraction of sp³-hybridized carbons (Fsp3) is 0.611. The van der Waals surface area contributed by atoms with Gasteiger partial charge in [0.15, 0.2) is 5.96 Å². The Morgan fingerprint density at radius 1 is 1.17 bits per heavy atom. The maximum atomic E-state index is 13.7. The standard InChI is InChI=1S/C18H29FN4.HI/c1-18(2,23-11-7-4-8-12-23)14-22-17(20-3)21-13-15-9-5-6-10-16(15)19;/h5-6,9-10H,4,7-8,11-14H2,1-3H3,(H2,20,21,22);1H. The maximum Gasteiger partial charge on any atom is 0.191 e. The molecule has 2 N–H and O–H groups in total. The van der Waals surface area contributed by atoms with Gasteiger partial charge in [-0.25, -0.2) is 4.39 Å². The SMILES string of the molecule is CN=C(NCc1ccccc1F)NCC(C)(C)N1CCCCC1.I. The molecule has 0 radical (unpaired) electrons. The highest BCUT2D eigenvalue weighted by Crippen LogP contribution is 2.19. The van der Waals surface area contributed by atoms with Crippen molar-refractivity contribution in [2.45, 2.75) is 45.2 Å². The van der Waals surface area contributed by atoms with E-state index in [2.05, 4.69) is 34.4 Å². The van der Waals surface area contributed by atoms with E-state index in [9.17, 15) is 4.39 Å². The number of nitrogens with zero attached hydrogens (tertiary/aromatic N) is 2. The highest BCUT2D eigenvalue weighted by molar-refractivity contribution is 14.0. The quantitative estimate of drug-likeness (QED) is 0.412. The van der Waals surface area contributed by atoms with Crippen molar-refractivity contribution in [2.75, 3.05) is 26.7 Å². The summed E-state index contributed by atoms with van der Waals surface area (Å²) in [5, 5.41) is 6.55. The molecule has 1 aliphatic heterocycles. The first-order valence-electron chi connectivity index (χ1n) is 8.46. The molecule has 0 amide bonds. The fourth-order valence-electron chi connectivity index (χ4n) is 2.95. The van der Waals surface area contributed by atoms with Crippen molar-refractivity contribution in [1.82, 2.24) is 15.5 Å². The number of hydrogen-bond acceptors (Lipinski definition) is 2. The molecule has 1 heterocycles. The minimum absolute atomic E-state index is 0. The Morgan fingerprint density at radius 3 is 2.46 bits per heavy atom. The number of aliphatic imine (C=N–C) groups is 1. The molecule has 0 unspecified atom stereocenters. The van der Waals surface area contributed by atoms with Crippen LogP contribution in [0.3, 0.4) is 0 Å². The Bertz CT molecular complexity index is 528. The molecule has 1 saturated heterocycles. The van der Waals surface area contributed by atoms with Crippen LogP contribution in [-0.2, 0) is 6.54 Å². The van der Waals surface area contributed by atoms with E-state index in [1.54, 1.807) is 19.2 Å². The van der Waals surface area contributed by atoms with E-state index in [1.165, 1.54) is 25.3 Å². The van der Waals surface area contributed by atoms with Gasteiger partial charge in [0.05, 0.1) is 0 Å². The van der Waals surface area contributed by atoms with Gasteiger partial charge in [0.2, 0.25) is 0 Å². The Hall–Kier alpha value is -0.890. The lowest BCUT2D eigenvalue weighted by Gasteiger charge is -2.41. The maximum absolute atomic E-state index is 13.7. The van der Waals surface area contributed by atoms with E-state index in [0.29, 0.717) is 18.1 Å². The molecule has 0 bridgehead atoms. The van der Waals surface area contributed by atoms with E-state index in [-0.39, 0.29) is 35.3 Å². The lowest BCUT2D eigenvalue weighted by Crippen LogP contribution is -2.54. The highest BCUT2D eigenvalue weighted by atomic mass is 127. The van der Waals surface area contributed by atoms with Gasteiger partial charge in [-0.1, -0.05) is 24.6 Å². The van der Waals surface area contributed by atoms with Crippen molar-refractivity contribution in [3.63, 3.8) is 0 Å². The second kappa shape index (κ2) is 10.2. The summed E-state index contributed by atoms with van der Waals surface area (Å²) in [6.07, 6.45) is 3.90.